The Kier molecular flexibility index (Phi) is 30.1. The maximum absolute atomic E-state index is 13.5. The van der Waals surface area contributed by atoms with Crippen LogP contribution in [0.25, 0.3) is 0 Å². The van der Waals surface area contributed by atoms with Crippen LogP contribution in [0, 0.1) is 0 Å². The minimum Gasteiger partial charge on any atom is -0.469 e. The minimum atomic E-state index is -2.35. The summed E-state index contributed by atoms with van der Waals surface area (Å²) in [6.07, 6.45) is -38.7. The molecule has 0 unspecified atom stereocenters. The van der Waals surface area contributed by atoms with E-state index in [0.717, 1.165) is 83.1 Å². The molecule has 508 valence electrons. The van der Waals surface area contributed by atoms with E-state index in [0.29, 0.717) is 12.8 Å². The van der Waals surface area contributed by atoms with E-state index in [1.54, 1.807) is 0 Å². The van der Waals surface area contributed by atoms with E-state index in [-0.39, 0.29) is 19.4 Å². The molecule has 90 heavy (non-hydrogen) atoms. The predicted octanol–water partition coefficient (Wildman–Crippen LogP) is -1.14. The van der Waals surface area contributed by atoms with Gasteiger partial charge in [-0.2, -0.15) is 0 Å². The molecular formula is C55H78O35. The Labute approximate surface area is 515 Å². The highest BCUT2D eigenvalue weighted by molar-refractivity contribution is 5.71. The molecule has 0 aliphatic carbocycles. The van der Waals surface area contributed by atoms with Gasteiger partial charge in [0.05, 0.1) is 7.11 Å². The molecule has 4 aliphatic heterocycles. The zero-order valence-electron chi connectivity index (χ0n) is 51.7. The molecule has 0 bridgehead atoms. The lowest BCUT2D eigenvalue weighted by molar-refractivity contribution is -0.406. The van der Waals surface area contributed by atoms with Gasteiger partial charge in [0.2, 0.25) is 0 Å². The van der Waals surface area contributed by atoms with Crippen molar-refractivity contribution in [3.8, 4) is 0 Å². The standard InChI is InChI=1S/C55H78O35/c1-23(56)72-19-35-41(76-27(5)60)45(80-31(9)64)40(69)52(84-35)88-50-47(82-33(11)66)43(78-29(7)62)37(21-74-25(3)58)86-54(50)90-51-48(83-34(12)67)44(79-30(8)63)38(22-75-26(4)59)87-55(51)89-49-46(81-32(10)65)42(77-28(6)61)36(20-73-24(2)57)85-53(49)71-18-16-14-15-17-39(68)70-13/h35-38,40-55,69H,14-22H2,1-13H3/t35-,36-,37-,38-,40-,41-,42-,43-,44-,45-,46+,47+,48+,49-,50-,51-,52-,53+,54-,55-/m1/s1. The molecule has 35 nitrogen and oxygen atoms in total. The number of carbonyl (C=O) groups is 13. The SMILES string of the molecule is COC(=O)CCCCCO[C@H]1O[C@H](COC(C)=O)[C@@H](OC(C)=O)[C@H](OC(C)=O)[C@H]1O[C@H]1O[C@H](COC(C)=O)[C@@H](OC(C)=O)[C@H](OC(C)=O)[C@H]1O[C@H]1O[C@H](COC(C)=O)[C@@H](OC(C)=O)[C@H](OC(C)=O)[C@H]1O[C@H]1O[C@H](COC(C)=O)[C@@H](OC(C)=O)[C@H](OC(C)=O)[C@H]1O. The number of ether oxygens (including phenoxy) is 21. The van der Waals surface area contributed by atoms with Crippen molar-refractivity contribution < 1.29 is 167 Å². The molecular weight excluding hydrogens is 1220 g/mol. The first kappa shape index (κ1) is 75.2. The maximum Gasteiger partial charge on any atom is 0.305 e. The maximum atomic E-state index is 13.5. The molecule has 35 heteroatoms. The summed E-state index contributed by atoms with van der Waals surface area (Å²) in [6, 6.07) is 0. The van der Waals surface area contributed by atoms with E-state index in [9.17, 15) is 67.4 Å². The van der Waals surface area contributed by atoms with Crippen molar-refractivity contribution in [2.45, 2.75) is 232 Å². The molecule has 20 atom stereocenters. The number of carbonyl (C=O) groups excluding carboxylic acids is 13. The molecule has 4 aliphatic rings. The lowest BCUT2D eigenvalue weighted by atomic mass is 9.95. The zero-order valence-corrected chi connectivity index (χ0v) is 51.7. The number of aliphatic hydroxyl groups is 1. The van der Waals surface area contributed by atoms with Gasteiger partial charge in [-0.3, -0.25) is 62.3 Å². The number of unbranched alkanes of at least 4 members (excludes halogenated alkanes) is 2. The van der Waals surface area contributed by atoms with E-state index in [4.69, 9.17) is 99.5 Å². The van der Waals surface area contributed by atoms with E-state index in [1.165, 1.54) is 7.11 Å². The van der Waals surface area contributed by atoms with Gasteiger partial charge in [0.25, 0.3) is 0 Å². The van der Waals surface area contributed by atoms with Crippen LogP contribution < -0.4 is 0 Å². The summed E-state index contributed by atoms with van der Waals surface area (Å²) in [6.45, 7) is 8.11. The normalized spacial score (nSPS) is 31.3. The van der Waals surface area contributed by atoms with Gasteiger partial charge in [-0.15, -0.1) is 0 Å². The lowest BCUT2D eigenvalue weighted by Gasteiger charge is -2.51. The van der Waals surface area contributed by atoms with Crippen molar-refractivity contribution in [2.24, 2.45) is 0 Å². The van der Waals surface area contributed by atoms with E-state index < -0.39 is 227 Å². The third-order valence-electron chi connectivity index (χ3n) is 13.0. The van der Waals surface area contributed by atoms with Gasteiger partial charge in [0.15, 0.2) is 92.3 Å². The summed E-state index contributed by atoms with van der Waals surface area (Å²) >= 11 is 0. The van der Waals surface area contributed by atoms with Crippen LogP contribution in [-0.4, -0.2) is 246 Å². The lowest BCUT2D eigenvalue weighted by Crippen LogP contribution is -2.70. The van der Waals surface area contributed by atoms with E-state index in [2.05, 4.69) is 0 Å². The average Bonchev–Trinajstić information content (AvgIpc) is 0.810. The number of aliphatic hydroxyl groups excluding tert-OH is 1. The van der Waals surface area contributed by atoms with Crippen LogP contribution in [0.1, 0.15) is 109 Å². The third-order valence-corrected chi connectivity index (χ3v) is 13.0. The number of hydrogen-bond acceptors (Lipinski definition) is 35. The Morgan fingerprint density at radius 1 is 0.311 bits per heavy atom. The molecule has 0 radical (unpaired) electrons. The highest BCUT2D eigenvalue weighted by atomic mass is 16.8. The predicted molar refractivity (Wildman–Crippen MR) is 283 cm³/mol. The Morgan fingerprint density at radius 3 is 0.889 bits per heavy atom. The van der Waals surface area contributed by atoms with Gasteiger partial charge in [0, 0.05) is 96.1 Å². The highest BCUT2D eigenvalue weighted by Crippen LogP contribution is 2.40. The van der Waals surface area contributed by atoms with Crippen molar-refractivity contribution in [3.05, 3.63) is 0 Å². The van der Waals surface area contributed by atoms with Crippen LogP contribution in [0.15, 0.2) is 0 Å². The molecule has 0 aromatic heterocycles. The Morgan fingerprint density at radius 2 is 0.578 bits per heavy atom. The molecule has 0 amide bonds. The van der Waals surface area contributed by atoms with Crippen molar-refractivity contribution in [2.75, 3.05) is 40.1 Å². The molecule has 0 aromatic carbocycles. The van der Waals surface area contributed by atoms with Crippen LogP contribution in [-0.2, 0) is 162 Å². The monoisotopic (exact) mass is 1300 g/mol. The quantitative estimate of drug-likeness (QED) is 0.0525. The van der Waals surface area contributed by atoms with Crippen molar-refractivity contribution in [3.63, 3.8) is 0 Å². The van der Waals surface area contributed by atoms with E-state index >= 15 is 0 Å². The van der Waals surface area contributed by atoms with E-state index in [1.807, 2.05) is 0 Å². The topological polar surface area (TPSA) is 436 Å². The smallest absolute Gasteiger partial charge is 0.305 e. The Bertz CT molecular complexity index is 2520. The summed E-state index contributed by atoms with van der Waals surface area (Å²) in [7, 11) is 1.21. The first-order chi connectivity index (χ1) is 42.3. The summed E-state index contributed by atoms with van der Waals surface area (Å²) in [4.78, 5) is 166. The summed E-state index contributed by atoms with van der Waals surface area (Å²) < 4.78 is 123. The van der Waals surface area contributed by atoms with Crippen LogP contribution in [0.2, 0.25) is 0 Å². The van der Waals surface area contributed by atoms with Crippen LogP contribution in [0.4, 0.5) is 0 Å². The van der Waals surface area contributed by atoms with Crippen molar-refractivity contribution in [1.82, 2.24) is 0 Å². The van der Waals surface area contributed by atoms with Gasteiger partial charge in [-0.1, -0.05) is 6.42 Å². The van der Waals surface area contributed by atoms with Crippen LogP contribution in [0.5, 0.6) is 0 Å². The second kappa shape index (κ2) is 36.0. The third kappa shape index (κ3) is 23.5. The Hall–Kier alpha value is -7.25. The summed E-state index contributed by atoms with van der Waals surface area (Å²) in [5, 5.41) is 12.1. The highest BCUT2D eigenvalue weighted by Gasteiger charge is 2.61. The van der Waals surface area contributed by atoms with Gasteiger partial charge in [-0.05, 0) is 12.8 Å². The van der Waals surface area contributed by atoms with Crippen molar-refractivity contribution >= 4 is 77.6 Å². The fourth-order valence-electron chi connectivity index (χ4n) is 9.72. The van der Waals surface area contributed by atoms with Crippen molar-refractivity contribution in [1.29, 1.82) is 0 Å². The molecule has 4 rings (SSSR count). The second-order valence-electron chi connectivity index (χ2n) is 20.5. The first-order valence-electron chi connectivity index (χ1n) is 28.2. The molecule has 4 fully saturated rings. The van der Waals surface area contributed by atoms with Crippen LogP contribution >= 0.6 is 0 Å². The molecule has 0 saturated carbocycles. The minimum absolute atomic E-state index is 0.0291. The van der Waals surface area contributed by atoms with Gasteiger partial charge >= 0.3 is 77.6 Å². The van der Waals surface area contributed by atoms with Gasteiger partial charge < -0.3 is 105 Å². The molecule has 0 spiro atoms. The van der Waals surface area contributed by atoms with Gasteiger partial charge in [0.1, 0.15) is 56.9 Å². The summed E-state index contributed by atoms with van der Waals surface area (Å²) in [5.41, 5.74) is 0. The largest absolute Gasteiger partial charge is 0.469 e. The summed E-state index contributed by atoms with van der Waals surface area (Å²) in [5.74, 6) is -12.7. The number of esters is 13. The average molecular weight is 1300 g/mol. The molecule has 4 saturated heterocycles. The zero-order chi connectivity index (χ0) is 67.3. The van der Waals surface area contributed by atoms with Gasteiger partial charge in [-0.25, -0.2) is 0 Å². The second-order valence-corrected chi connectivity index (χ2v) is 20.5. The first-order valence-corrected chi connectivity index (χ1v) is 28.2. The fraction of sp³-hybridized carbons (Fsp3) is 0.764. The molecule has 0 aromatic rings. The molecule has 4 heterocycles. The Balaban J connectivity index is 2.11. The molecule has 1 N–H and O–H groups in total. The number of methoxy groups -OCH3 is 1. The fourth-order valence-corrected chi connectivity index (χ4v) is 9.72. The van der Waals surface area contributed by atoms with Crippen LogP contribution in [0.3, 0.4) is 0 Å². The number of hydrogen-bond donors (Lipinski definition) is 1. The number of rotatable bonds is 29.